The Bertz CT molecular complexity index is 972. The van der Waals surface area contributed by atoms with Crippen LogP contribution in [-0.4, -0.2) is 38.1 Å². The number of carbonyl (C=O) groups excluding carboxylic acids is 1. The van der Waals surface area contributed by atoms with Crippen molar-refractivity contribution in [1.29, 1.82) is 0 Å². The summed E-state index contributed by atoms with van der Waals surface area (Å²) in [6.07, 6.45) is 2.96. The highest BCUT2D eigenvalue weighted by Gasteiger charge is 2.12. The van der Waals surface area contributed by atoms with Gasteiger partial charge in [-0.3, -0.25) is 9.52 Å². The fourth-order valence-corrected chi connectivity index (χ4v) is 4.77. The number of nitrogens with zero attached hydrogens (tertiary/aromatic N) is 1. The number of anilines is 2. The van der Waals surface area contributed by atoms with E-state index in [0.717, 1.165) is 56.8 Å². The highest BCUT2D eigenvalue weighted by atomic mass is 32.2. The van der Waals surface area contributed by atoms with Crippen molar-refractivity contribution in [1.82, 2.24) is 15.0 Å². The molecule has 30 heavy (non-hydrogen) atoms. The molecule has 0 saturated carbocycles. The molecule has 0 aliphatic rings. The minimum absolute atomic E-state index is 0.0780. The Labute approximate surface area is 186 Å². The van der Waals surface area contributed by atoms with E-state index in [0.29, 0.717) is 0 Å². The fraction of sp³-hybridized carbons (Fsp3) is 0.273. The van der Waals surface area contributed by atoms with Crippen LogP contribution in [-0.2, 0) is 4.79 Å². The maximum Gasteiger partial charge on any atom is 0.221 e. The van der Waals surface area contributed by atoms with E-state index in [1.807, 2.05) is 38.5 Å². The molecule has 0 unspecified atom stereocenters. The molecule has 0 radical (unpaired) electrons. The van der Waals surface area contributed by atoms with E-state index in [1.54, 1.807) is 23.3 Å². The third-order valence-electron chi connectivity index (χ3n) is 4.38. The lowest BCUT2D eigenvalue weighted by molar-refractivity contribution is -0.114. The smallest absolute Gasteiger partial charge is 0.221 e. The summed E-state index contributed by atoms with van der Waals surface area (Å²) in [6.45, 7) is 3.38. The normalized spacial score (nSPS) is 10.8. The molecule has 0 atom stereocenters. The SMILES string of the molecule is CNCCCNSc1cc(NC(C)=O)ccc1-c1cnc(-c2ccc(NC)cc2)s1. The number of hydrogen-bond acceptors (Lipinski definition) is 7. The maximum absolute atomic E-state index is 11.5. The molecule has 2 aromatic carbocycles. The number of nitrogens with one attached hydrogen (secondary N) is 4. The summed E-state index contributed by atoms with van der Waals surface area (Å²) in [7, 11) is 3.86. The Balaban J connectivity index is 1.83. The molecule has 0 aliphatic heterocycles. The van der Waals surface area contributed by atoms with Crippen molar-refractivity contribution in [3.63, 3.8) is 0 Å². The van der Waals surface area contributed by atoms with E-state index in [2.05, 4.69) is 49.9 Å². The lowest BCUT2D eigenvalue weighted by atomic mass is 10.2. The summed E-state index contributed by atoms with van der Waals surface area (Å²) in [4.78, 5) is 18.3. The number of benzene rings is 2. The Morgan fingerprint density at radius 3 is 2.53 bits per heavy atom. The molecule has 0 saturated heterocycles. The lowest BCUT2D eigenvalue weighted by Crippen LogP contribution is -2.14. The minimum Gasteiger partial charge on any atom is -0.388 e. The second-order valence-corrected chi connectivity index (χ2v) is 8.67. The van der Waals surface area contributed by atoms with Crippen LogP contribution in [0.4, 0.5) is 11.4 Å². The number of hydrogen-bond donors (Lipinski definition) is 4. The zero-order valence-electron chi connectivity index (χ0n) is 17.4. The van der Waals surface area contributed by atoms with Crippen molar-refractivity contribution in [3.8, 4) is 21.0 Å². The first kappa shape index (κ1) is 22.3. The molecule has 0 spiro atoms. The fourth-order valence-electron chi connectivity index (χ4n) is 2.87. The molecule has 3 aromatic rings. The number of carbonyl (C=O) groups is 1. The number of rotatable bonds is 10. The maximum atomic E-state index is 11.5. The summed E-state index contributed by atoms with van der Waals surface area (Å²) in [5.41, 5.74) is 4.07. The van der Waals surface area contributed by atoms with Crippen LogP contribution in [0.1, 0.15) is 13.3 Å². The largest absolute Gasteiger partial charge is 0.388 e. The van der Waals surface area contributed by atoms with Crippen LogP contribution >= 0.6 is 23.3 Å². The van der Waals surface area contributed by atoms with Crippen LogP contribution in [0.25, 0.3) is 21.0 Å². The predicted octanol–water partition coefficient (Wildman–Crippen LogP) is 4.68. The third-order valence-corrected chi connectivity index (χ3v) is 6.37. The van der Waals surface area contributed by atoms with Gasteiger partial charge in [-0.05, 0) is 68.4 Å². The molecule has 8 heteroatoms. The summed E-state index contributed by atoms with van der Waals surface area (Å²) in [5, 5.41) is 10.1. The quantitative estimate of drug-likeness (QED) is 0.270. The lowest BCUT2D eigenvalue weighted by Gasteiger charge is -2.11. The van der Waals surface area contributed by atoms with Gasteiger partial charge in [0.15, 0.2) is 0 Å². The molecule has 0 fully saturated rings. The van der Waals surface area contributed by atoms with E-state index in [4.69, 9.17) is 0 Å². The first-order valence-electron chi connectivity index (χ1n) is 9.81. The monoisotopic (exact) mass is 441 g/mol. The topological polar surface area (TPSA) is 78.1 Å². The summed E-state index contributed by atoms with van der Waals surface area (Å²) >= 11 is 3.25. The van der Waals surface area contributed by atoms with Crippen molar-refractivity contribution >= 4 is 40.6 Å². The van der Waals surface area contributed by atoms with Crippen LogP contribution < -0.4 is 20.7 Å². The van der Waals surface area contributed by atoms with Gasteiger partial charge in [0.1, 0.15) is 5.01 Å². The van der Waals surface area contributed by atoms with Gasteiger partial charge in [-0.15, -0.1) is 11.3 Å². The number of thiazole rings is 1. The Morgan fingerprint density at radius 2 is 1.83 bits per heavy atom. The van der Waals surface area contributed by atoms with E-state index in [9.17, 15) is 4.79 Å². The molecule has 158 valence electrons. The first-order valence-corrected chi connectivity index (χ1v) is 11.4. The molecular weight excluding hydrogens is 414 g/mol. The van der Waals surface area contributed by atoms with Gasteiger partial charge in [0.05, 0.1) is 4.88 Å². The Hall–Kier alpha value is -2.39. The summed E-state index contributed by atoms with van der Waals surface area (Å²) in [5.74, 6) is -0.0780. The average molecular weight is 442 g/mol. The molecule has 3 rings (SSSR count). The van der Waals surface area contributed by atoms with Gasteiger partial charge >= 0.3 is 0 Å². The van der Waals surface area contributed by atoms with Gasteiger partial charge in [-0.25, -0.2) is 4.98 Å². The van der Waals surface area contributed by atoms with Gasteiger partial charge in [0, 0.05) is 54.1 Å². The molecule has 1 amide bonds. The van der Waals surface area contributed by atoms with E-state index in [1.165, 1.54) is 6.92 Å². The van der Waals surface area contributed by atoms with E-state index >= 15 is 0 Å². The van der Waals surface area contributed by atoms with Crippen molar-refractivity contribution < 1.29 is 4.79 Å². The Kier molecular flexibility index (Phi) is 8.27. The van der Waals surface area contributed by atoms with Crippen LogP contribution in [0.15, 0.2) is 53.6 Å². The molecule has 0 bridgehead atoms. The molecular formula is C22H27N5OS2. The second-order valence-electron chi connectivity index (χ2n) is 6.70. The van der Waals surface area contributed by atoms with Crippen LogP contribution in [0.2, 0.25) is 0 Å². The second kappa shape index (κ2) is 11.1. The highest BCUT2D eigenvalue weighted by Crippen LogP contribution is 2.38. The summed E-state index contributed by atoms with van der Waals surface area (Å²) in [6, 6.07) is 14.2. The van der Waals surface area contributed by atoms with Crippen LogP contribution in [0.5, 0.6) is 0 Å². The summed E-state index contributed by atoms with van der Waals surface area (Å²) < 4.78 is 3.42. The highest BCUT2D eigenvalue weighted by molar-refractivity contribution is 7.97. The predicted molar refractivity (Wildman–Crippen MR) is 129 cm³/mol. The number of amides is 1. The Morgan fingerprint density at radius 1 is 1.07 bits per heavy atom. The van der Waals surface area contributed by atoms with Crippen molar-refractivity contribution in [2.24, 2.45) is 0 Å². The van der Waals surface area contributed by atoms with Crippen molar-refractivity contribution in [2.45, 2.75) is 18.2 Å². The average Bonchev–Trinajstić information content (AvgIpc) is 3.23. The molecule has 6 nitrogen and oxygen atoms in total. The zero-order chi connectivity index (χ0) is 21.3. The van der Waals surface area contributed by atoms with Gasteiger partial charge in [0.25, 0.3) is 0 Å². The van der Waals surface area contributed by atoms with Crippen molar-refractivity contribution in [2.75, 3.05) is 37.8 Å². The van der Waals surface area contributed by atoms with E-state index in [-0.39, 0.29) is 5.91 Å². The molecule has 1 heterocycles. The van der Waals surface area contributed by atoms with E-state index < -0.39 is 0 Å². The molecule has 1 aromatic heterocycles. The van der Waals surface area contributed by atoms with Gasteiger partial charge < -0.3 is 16.0 Å². The van der Waals surface area contributed by atoms with Gasteiger partial charge in [-0.1, -0.05) is 6.07 Å². The van der Waals surface area contributed by atoms with Gasteiger partial charge in [-0.2, -0.15) is 0 Å². The molecule has 0 aliphatic carbocycles. The standard InChI is InChI=1S/C22H27N5OS2/c1-15(28)27-18-9-10-19(20(13-18)30-26-12-4-11-23-2)21-14-25-22(29-21)16-5-7-17(24-3)8-6-16/h5-10,13-14,23-24,26H,4,11-12H2,1-3H3,(H,27,28). The molecule has 4 N–H and O–H groups in total. The van der Waals surface area contributed by atoms with Crippen LogP contribution in [0, 0.1) is 0 Å². The van der Waals surface area contributed by atoms with Crippen LogP contribution in [0.3, 0.4) is 0 Å². The van der Waals surface area contributed by atoms with Crippen molar-refractivity contribution in [3.05, 3.63) is 48.7 Å². The number of aromatic nitrogens is 1. The zero-order valence-corrected chi connectivity index (χ0v) is 19.0. The minimum atomic E-state index is -0.0780. The third kappa shape index (κ3) is 6.06. The first-order chi connectivity index (χ1) is 14.6. The van der Waals surface area contributed by atoms with Gasteiger partial charge in [0.2, 0.25) is 5.91 Å².